The van der Waals surface area contributed by atoms with E-state index in [1.807, 2.05) is 55.5 Å². The lowest BCUT2D eigenvalue weighted by atomic mass is 9.79. The number of hydrogen-bond acceptors (Lipinski definition) is 8. The van der Waals surface area contributed by atoms with E-state index in [2.05, 4.69) is 19.2 Å². The van der Waals surface area contributed by atoms with Gasteiger partial charge in [-0.1, -0.05) is 81.3 Å². The van der Waals surface area contributed by atoms with E-state index in [4.69, 9.17) is 9.68 Å². The molecule has 2 unspecified atom stereocenters. The fourth-order valence-corrected chi connectivity index (χ4v) is 6.36. The number of hydrogen-bond donors (Lipinski definition) is 2. The van der Waals surface area contributed by atoms with Crippen molar-refractivity contribution in [3.63, 3.8) is 0 Å². The quantitative estimate of drug-likeness (QED) is 0.0693. The van der Waals surface area contributed by atoms with Gasteiger partial charge in [0.2, 0.25) is 5.91 Å². The first-order chi connectivity index (χ1) is 21.2. The van der Waals surface area contributed by atoms with E-state index in [1.165, 1.54) is 0 Å². The summed E-state index contributed by atoms with van der Waals surface area (Å²) in [5.41, 5.74) is 1.11. The maximum Gasteiger partial charge on any atom is 0.294 e. The number of aliphatic hydroxyl groups is 1. The standard InChI is InChI=1S/C33H49N3O8/c1-4-14-31(43-35(39)40)29-24-30(32(15-5-2)44-36(41)42)28(23-22-26(37)21-20-25-16-10-9-11-17-25)27(29)18-12-7-8-13-19-33(38)34-6-3/h7,9-12,16-17,22-23,26-32,37H,1-2,4-6,8,13-15,18-21,24H2,3H3,(H,34,38)/b12-7-,23-22+/t26-,27+,28+,29-,30+,31?,32?/m0/s1. The van der Waals surface area contributed by atoms with Crippen LogP contribution in [-0.2, 0) is 20.9 Å². The first kappa shape index (κ1) is 36.7. The van der Waals surface area contributed by atoms with Crippen LogP contribution >= 0.6 is 0 Å². The summed E-state index contributed by atoms with van der Waals surface area (Å²) in [5, 5.41) is 35.0. The number of unbranched alkanes of at least 4 members (excludes halogenated alkanes) is 1. The highest BCUT2D eigenvalue weighted by Gasteiger charge is 2.48. The highest BCUT2D eigenvalue weighted by molar-refractivity contribution is 5.75. The van der Waals surface area contributed by atoms with Crippen LogP contribution in [-0.4, -0.2) is 46.0 Å². The Balaban J connectivity index is 2.35. The van der Waals surface area contributed by atoms with Crippen molar-refractivity contribution in [3.8, 4) is 0 Å². The number of nitrogens with one attached hydrogen (secondary N) is 1. The Morgan fingerprint density at radius 1 is 1.05 bits per heavy atom. The van der Waals surface area contributed by atoms with Crippen molar-refractivity contribution in [1.82, 2.24) is 5.32 Å². The number of carbonyl (C=O) groups is 1. The largest absolute Gasteiger partial charge is 0.389 e. The predicted molar refractivity (Wildman–Crippen MR) is 168 cm³/mol. The molecule has 0 aliphatic heterocycles. The van der Waals surface area contributed by atoms with Gasteiger partial charge in [0.1, 0.15) is 12.2 Å². The molecule has 0 bridgehead atoms. The lowest BCUT2D eigenvalue weighted by Gasteiger charge is -2.29. The van der Waals surface area contributed by atoms with Crippen LogP contribution in [0.15, 0.2) is 54.6 Å². The maximum absolute atomic E-state index is 11.8. The highest BCUT2D eigenvalue weighted by Crippen LogP contribution is 2.50. The van der Waals surface area contributed by atoms with E-state index in [0.717, 1.165) is 5.56 Å². The van der Waals surface area contributed by atoms with Crippen molar-refractivity contribution in [2.45, 2.75) is 95.9 Å². The van der Waals surface area contributed by atoms with E-state index < -0.39 is 28.5 Å². The van der Waals surface area contributed by atoms with Gasteiger partial charge in [-0.25, -0.2) is 0 Å². The summed E-state index contributed by atoms with van der Waals surface area (Å²) in [6, 6.07) is 9.85. The minimum atomic E-state index is -0.784. The number of carbonyl (C=O) groups excluding carboxylic acids is 1. The summed E-state index contributed by atoms with van der Waals surface area (Å²) in [6.45, 7) is 10.2. The van der Waals surface area contributed by atoms with Crippen LogP contribution in [0.4, 0.5) is 0 Å². The van der Waals surface area contributed by atoms with Crippen LogP contribution in [0.2, 0.25) is 0 Å². The highest BCUT2D eigenvalue weighted by atomic mass is 17.0. The zero-order valence-corrected chi connectivity index (χ0v) is 25.8. The van der Waals surface area contributed by atoms with Crippen LogP contribution < -0.4 is 5.32 Å². The number of allylic oxidation sites excluding steroid dienone is 3. The Kier molecular flexibility index (Phi) is 17.1. The van der Waals surface area contributed by atoms with Crippen molar-refractivity contribution in [2.75, 3.05) is 6.54 Å². The molecule has 7 atom stereocenters. The van der Waals surface area contributed by atoms with Crippen LogP contribution in [0.5, 0.6) is 0 Å². The third kappa shape index (κ3) is 13.0. The molecule has 244 valence electrons. The summed E-state index contributed by atoms with van der Waals surface area (Å²) in [7, 11) is 0. The first-order valence-electron chi connectivity index (χ1n) is 15.7. The minimum absolute atomic E-state index is 0.00538. The summed E-state index contributed by atoms with van der Waals surface area (Å²) in [6.07, 6.45) is 10.9. The average Bonchev–Trinajstić information content (AvgIpc) is 3.34. The number of aliphatic hydroxyl groups excluding tert-OH is 1. The van der Waals surface area contributed by atoms with Crippen LogP contribution in [0.1, 0.15) is 76.7 Å². The summed E-state index contributed by atoms with van der Waals surface area (Å²) < 4.78 is 0. The van der Waals surface area contributed by atoms with Gasteiger partial charge in [0.15, 0.2) is 0 Å². The third-order valence-corrected chi connectivity index (χ3v) is 8.31. The van der Waals surface area contributed by atoms with E-state index in [-0.39, 0.29) is 29.6 Å². The van der Waals surface area contributed by atoms with E-state index >= 15 is 0 Å². The molecule has 1 aliphatic rings. The molecule has 1 saturated carbocycles. The molecule has 2 rings (SSSR count). The molecule has 2 radical (unpaired) electrons. The molecular weight excluding hydrogens is 566 g/mol. The van der Waals surface area contributed by atoms with Gasteiger partial charge >= 0.3 is 0 Å². The second-order valence-electron chi connectivity index (χ2n) is 11.4. The average molecular weight is 616 g/mol. The summed E-state index contributed by atoms with van der Waals surface area (Å²) in [5.74, 6) is -1.08. The minimum Gasteiger partial charge on any atom is -0.389 e. The molecule has 11 heteroatoms. The Hall–Kier alpha value is -3.47. The molecule has 1 aromatic carbocycles. The Labute approximate surface area is 261 Å². The van der Waals surface area contributed by atoms with Gasteiger partial charge in [-0.2, -0.15) is 0 Å². The fraction of sp³-hybridized carbons (Fsp3) is 0.606. The van der Waals surface area contributed by atoms with E-state index in [9.17, 15) is 30.1 Å². The molecule has 11 nitrogen and oxygen atoms in total. The van der Waals surface area contributed by atoms with Gasteiger partial charge in [0.05, 0.1) is 6.10 Å². The molecule has 44 heavy (non-hydrogen) atoms. The van der Waals surface area contributed by atoms with Crippen LogP contribution in [0, 0.1) is 57.7 Å². The van der Waals surface area contributed by atoms with Crippen molar-refractivity contribution < 1.29 is 29.7 Å². The molecule has 1 aliphatic carbocycles. The normalized spacial score (nSPS) is 22.1. The molecular formula is C33H49N3O8. The molecule has 1 aromatic rings. The molecule has 0 saturated heterocycles. The number of benzene rings is 1. The topological polar surface area (TPSA) is 154 Å². The monoisotopic (exact) mass is 615 g/mol. The summed E-state index contributed by atoms with van der Waals surface area (Å²) in [4.78, 5) is 45.1. The zero-order valence-electron chi connectivity index (χ0n) is 25.8. The van der Waals surface area contributed by atoms with E-state index in [1.54, 1.807) is 6.08 Å². The van der Waals surface area contributed by atoms with Crippen molar-refractivity contribution in [2.24, 2.45) is 23.7 Å². The molecule has 2 N–H and O–H groups in total. The molecule has 0 heterocycles. The zero-order chi connectivity index (χ0) is 32.3. The van der Waals surface area contributed by atoms with Gasteiger partial charge < -0.3 is 20.1 Å². The summed E-state index contributed by atoms with van der Waals surface area (Å²) >= 11 is 0. The van der Waals surface area contributed by atoms with Gasteiger partial charge in [0, 0.05) is 13.0 Å². The smallest absolute Gasteiger partial charge is 0.294 e. The van der Waals surface area contributed by atoms with Crippen LogP contribution in [0.25, 0.3) is 0 Å². The van der Waals surface area contributed by atoms with Crippen molar-refractivity contribution in [3.05, 3.63) is 94.3 Å². The van der Waals surface area contributed by atoms with Crippen molar-refractivity contribution in [1.29, 1.82) is 0 Å². The number of rotatable bonds is 22. The van der Waals surface area contributed by atoms with Gasteiger partial charge in [0.25, 0.3) is 10.2 Å². The maximum atomic E-state index is 11.8. The fourth-order valence-electron chi connectivity index (χ4n) is 6.36. The lowest BCUT2D eigenvalue weighted by Crippen LogP contribution is -2.31. The molecule has 0 aromatic heterocycles. The predicted octanol–water partition coefficient (Wildman–Crippen LogP) is 6.04. The number of amides is 1. The number of aryl methyl sites for hydroxylation is 1. The molecule has 0 spiro atoms. The Morgan fingerprint density at radius 2 is 1.68 bits per heavy atom. The first-order valence-corrected chi connectivity index (χ1v) is 15.7. The molecule has 1 fully saturated rings. The number of nitrogens with zero attached hydrogens (tertiary/aromatic N) is 2. The lowest BCUT2D eigenvalue weighted by molar-refractivity contribution is -0.772. The second-order valence-corrected chi connectivity index (χ2v) is 11.4. The third-order valence-electron chi connectivity index (χ3n) is 8.31. The van der Waals surface area contributed by atoms with Gasteiger partial charge in [-0.15, -0.1) is 20.2 Å². The van der Waals surface area contributed by atoms with Gasteiger partial charge in [-0.3, -0.25) is 4.79 Å². The SMILES string of the molecule is [CH2]CCC(O[N+](=O)[O-])[C@H]1C[C@@H](C(CC[CH2])O[N+](=O)[O-])[C@H](/C=C/[C@@H](O)CCc2ccccc2)[C@H]1C/C=C\CCCC(=O)NCC. The second kappa shape index (κ2) is 20.5. The Bertz CT molecular complexity index is 1050. The van der Waals surface area contributed by atoms with Crippen LogP contribution in [0.3, 0.4) is 0 Å². The van der Waals surface area contributed by atoms with Gasteiger partial charge in [-0.05, 0) is 87.5 Å². The molecule has 1 amide bonds. The Morgan fingerprint density at radius 3 is 2.27 bits per heavy atom. The van der Waals surface area contributed by atoms with E-state index in [0.29, 0.717) is 77.2 Å². The van der Waals surface area contributed by atoms with Crippen molar-refractivity contribution >= 4 is 5.91 Å².